The molecule has 1 atom stereocenters. The highest BCUT2D eigenvalue weighted by Crippen LogP contribution is 2.39. The summed E-state index contributed by atoms with van der Waals surface area (Å²) < 4.78 is 20.6. The number of halogens is 1. The second-order valence-electron chi connectivity index (χ2n) is 7.92. The van der Waals surface area contributed by atoms with Gasteiger partial charge in [-0.05, 0) is 29.3 Å². The van der Waals surface area contributed by atoms with Crippen molar-refractivity contribution in [2.45, 2.75) is 18.4 Å². The number of nitrogens with one attached hydrogen (secondary N) is 1. The highest BCUT2D eigenvalue weighted by molar-refractivity contribution is 5.87. The fraction of sp³-hybridized carbons (Fsp3) is 0.148. The topological polar surface area (TPSA) is 64.1 Å². The number of benzene rings is 3. The number of amides is 1. The van der Waals surface area contributed by atoms with Crippen LogP contribution in [-0.2, 0) is 11.2 Å². The molecule has 5 nitrogen and oxygen atoms in total. The largest absolute Gasteiger partial charge is 0.487 e. The number of aromatic nitrogens is 2. The first-order chi connectivity index (χ1) is 16.2. The van der Waals surface area contributed by atoms with E-state index in [9.17, 15) is 9.18 Å². The normalized spacial score (nSPS) is 14.5. The van der Waals surface area contributed by atoms with Crippen LogP contribution in [0.2, 0.25) is 0 Å². The van der Waals surface area contributed by atoms with E-state index >= 15 is 0 Å². The van der Waals surface area contributed by atoms with E-state index in [-0.39, 0.29) is 24.4 Å². The molecule has 0 bridgehead atoms. The number of carbonyl (C=O) groups excluding carboxylic acids is 1. The fourth-order valence-electron chi connectivity index (χ4n) is 4.20. The van der Waals surface area contributed by atoms with Crippen LogP contribution < -0.4 is 10.1 Å². The quantitative estimate of drug-likeness (QED) is 0.479. The lowest BCUT2D eigenvalue weighted by Gasteiger charge is -2.19. The summed E-state index contributed by atoms with van der Waals surface area (Å²) >= 11 is 0. The van der Waals surface area contributed by atoms with Gasteiger partial charge in [0.05, 0.1) is 18.0 Å². The molecule has 5 rings (SSSR count). The van der Waals surface area contributed by atoms with Crippen LogP contribution in [0.15, 0.2) is 91.3 Å². The van der Waals surface area contributed by atoms with Crippen molar-refractivity contribution in [2.24, 2.45) is 0 Å². The summed E-state index contributed by atoms with van der Waals surface area (Å²) in [5.41, 5.74) is 2.95. The second-order valence-corrected chi connectivity index (χ2v) is 7.92. The predicted molar refractivity (Wildman–Crippen MR) is 123 cm³/mol. The molecule has 164 valence electrons. The van der Waals surface area contributed by atoms with Crippen molar-refractivity contribution in [3.8, 4) is 17.1 Å². The van der Waals surface area contributed by atoms with Gasteiger partial charge in [0, 0.05) is 24.4 Å². The third kappa shape index (κ3) is 4.32. The van der Waals surface area contributed by atoms with E-state index in [1.165, 1.54) is 6.07 Å². The molecule has 0 unspecified atom stereocenters. The van der Waals surface area contributed by atoms with E-state index < -0.39 is 5.92 Å². The highest BCUT2D eigenvalue weighted by Gasteiger charge is 2.31. The fourth-order valence-corrected chi connectivity index (χ4v) is 4.20. The van der Waals surface area contributed by atoms with Crippen LogP contribution in [0.3, 0.4) is 0 Å². The Kier molecular flexibility index (Phi) is 5.81. The molecule has 1 amide bonds. The maximum absolute atomic E-state index is 14.5. The van der Waals surface area contributed by atoms with Gasteiger partial charge in [0.15, 0.2) is 5.82 Å². The van der Waals surface area contributed by atoms with Gasteiger partial charge in [-0.3, -0.25) is 4.79 Å². The third-order valence-electron chi connectivity index (χ3n) is 5.76. The van der Waals surface area contributed by atoms with Crippen molar-refractivity contribution in [1.82, 2.24) is 15.3 Å². The van der Waals surface area contributed by atoms with Crippen molar-refractivity contribution in [3.63, 3.8) is 0 Å². The van der Waals surface area contributed by atoms with Crippen LogP contribution in [0, 0.1) is 5.82 Å². The average Bonchev–Trinajstić information content (AvgIpc) is 3.30. The molecular formula is C27H22FN3O2. The maximum atomic E-state index is 14.5. The Labute approximate surface area is 191 Å². The molecule has 1 aliphatic heterocycles. The lowest BCUT2D eigenvalue weighted by molar-refractivity contribution is -0.122. The molecule has 3 aromatic carbocycles. The molecule has 4 aromatic rings. The number of fused-ring (bicyclic) bond motifs is 1. The zero-order valence-corrected chi connectivity index (χ0v) is 17.8. The Morgan fingerprint density at radius 1 is 0.939 bits per heavy atom. The number of hydrogen-bond donors (Lipinski definition) is 1. The van der Waals surface area contributed by atoms with E-state index in [1.54, 1.807) is 24.5 Å². The molecular weight excluding hydrogens is 417 g/mol. The lowest BCUT2D eigenvalue weighted by atomic mass is 9.90. The molecule has 0 saturated carbocycles. The zero-order chi connectivity index (χ0) is 22.6. The van der Waals surface area contributed by atoms with Crippen LogP contribution >= 0.6 is 0 Å². The third-order valence-corrected chi connectivity index (χ3v) is 5.76. The van der Waals surface area contributed by atoms with Gasteiger partial charge >= 0.3 is 0 Å². The standard InChI is InChI=1S/C27H22FN3O2/c28-23-13-12-21(26-29-14-7-15-30-26)25-22(23)16-20(33-25)17-31-27(32)24(18-8-3-1-4-9-18)19-10-5-2-6-11-19/h1-15,20,24H,16-17H2,(H,31,32)/t20-/m1/s1. The maximum Gasteiger partial charge on any atom is 0.232 e. The monoisotopic (exact) mass is 439 g/mol. The molecule has 0 radical (unpaired) electrons. The molecule has 0 saturated heterocycles. The van der Waals surface area contributed by atoms with Gasteiger partial charge in [-0.1, -0.05) is 60.7 Å². The molecule has 1 N–H and O–H groups in total. The van der Waals surface area contributed by atoms with E-state index in [1.807, 2.05) is 60.7 Å². The van der Waals surface area contributed by atoms with Gasteiger partial charge in [-0.15, -0.1) is 0 Å². The summed E-state index contributed by atoms with van der Waals surface area (Å²) in [6.07, 6.45) is 3.26. The SMILES string of the molecule is O=C(NC[C@H]1Cc2c(F)ccc(-c3ncccn3)c2O1)C(c1ccccc1)c1ccccc1. The van der Waals surface area contributed by atoms with E-state index in [2.05, 4.69) is 15.3 Å². The Balaban J connectivity index is 1.34. The predicted octanol–water partition coefficient (Wildman–Crippen LogP) is 4.53. The number of carbonyl (C=O) groups is 1. The molecule has 0 aliphatic carbocycles. The first kappa shape index (κ1) is 20.8. The summed E-state index contributed by atoms with van der Waals surface area (Å²) in [5.74, 6) is 0.0277. The van der Waals surface area contributed by atoms with Crippen molar-refractivity contribution in [3.05, 3.63) is 114 Å². The highest BCUT2D eigenvalue weighted by atomic mass is 19.1. The lowest BCUT2D eigenvalue weighted by Crippen LogP contribution is -2.37. The first-order valence-corrected chi connectivity index (χ1v) is 10.8. The van der Waals surface area contributed by atoms with Crippen LogP contribution in [0.4, 0.5) is 4.39 Å². The van der Waals surface area contributed by atoms with Gasteiger partial charge in [-0.2, -0.15) is 0 Å². The van der Waals surface area contributed by atoms with E-state index in [0.29, 0.717) is 29.1 Å². The van der Waals surface area contributed by atoms with Crippen molar-refractivity contribution in [1.29, 1.82) is 0 Å². The van der Waals surface area contributed by atoms with Crippen molar-refractivity contribution >= 4 is 5.91 Å². The van der Waals surface area contributed by atoms with Crippen molar-refractivity contribution in [2.75, 3.05) is 6.54 Å². The first-order valence-electron chi connectivity index (χ1n) is 10.8. The molecule has 1 aliphatic rings. The van der Waals surface area contributed by atoms with Gasteiger partial charge in [0.25, 0.3) is 0 Å². The minimum Gasteiger partial charge on any atom is -0.487 e. The Morgan fingerprint density at radius 3 is 2.21 bits per heavy atom. The Hall–Kier alpha value is -4.06. The Bertz CT molecular complexity index is 1210. The second kappa shape index (κ2) is 9.20. The molecule has 6 heteroatoms. The molecule has 33 heavy (non-hydrogen) atoms. The minimum absolute atomic E-state index is 0.126. The van der Waals surface area contributed by atoms with Gasteiger partial charge < -0.3 is 10.1 Å². The molecule has 0 fully saturated rings. The molecule has 0 spiro atoms. The summed E-state index contributed by atoms with van der Waals surface area (Å²) in [7, 11) is 0. The summed E-state index contributed by atoms with van der Waals surface area (Å²) in [6.45, 7) is 0.262. The Morgan fingerprint density at radius 2 is 1.58 bits per heavy atom. The number of nitrogens with zero attached hydrogens (tertiary/aromatic N) is 2. The number of ether oxygens (including phenoxy) is 1. The van der Waals surface area contributed by atoms with E-state index in [4.69, 9.17) is 4.74 Å². The minimum atomic E-state index is -0.443. The van der Waals surface area contributed by atoms with Crippen molar-refractivity contribution < 1.29 is 13.9 Å². The van der Waals surface area contributed by atoms with Crippen LogP contribution in [0.1, 0.15) is 22.6 Å². The van der Waals surface area contributed by atoms with E-state index in [0.717, 1.165) is 11.1 Å². The zero-order valence-electron chi connectivity index (χ0n) is 17.8. The summed E-state index contributed by atoms with van der Waals surface area (Å²) in [5, 5.41) is 3.02. The van der Waals surface area contributed by atoms with Gasteiger partial charge in [0.1, 0.15) is 17.7 Å². The summed E-state index contributed by atoms with van der Waals surface area (Å²) in [4.78, 5) is 21.8. The smallest absolute Gasteiger partial charge is 0.232 e. The average molecular weight is 439 g/mol. The molecule has 1 aromatic heterocycles. The molecule has 2 heterocycles. The van der Waals surface area contributed by atoms with Gasteiger partial charge in [-0.25, -0.2) is 14.4 Å². The van der Waals surface area contributed by atoms with Crippen LogP contribution in [0.5, 0.6) is 5.75 Å². The van der Waals surface area contributed by atoms with Crippen LogP contribution in [0.25, 0.3) is 11.4 Å². The van der Waals surface area contributed by atoms with Crippen LogP contribution in [-0.4, -0.2) is 28.5 Å². The number of rotatable bonds is 6. The number of hydrogen-bond acceptors (Lipinski definition) is 4. The summed E-state index contributed by atoms with van der Waals surface area (Å²) in [6, 6.07) is 24.1. The van der Waals surface area contributed by atoms with Gasteiger partial charge in [0.2, 0.25) is 5.91 Å².